The highest BCUT2D eigenvalue weighted by Crippen LogP contribution is 2.19. The van der Waals surface area contributed by atoms with Crippen molar-refractivity contribution < 1.29 is 4.79 Å². The second-order valence-electron chi connectivity index (χ2n) is 5.41. The molecule has 0 rings (SSSR count). The molecule has 0 radical (unpaired) electrons. The molecule has 0 atom stereocenters. The smallest absolute Gasteiger partial charge is 0.222 e. The topological polar surface area (TPSA) is 20.3 Å². The van der Waals surface area contributed by atoms with Gasteiger partial charge in [0.25, 0.3) is 0 Å². The molecule has 0 saturated carbocycles. The van der Waals surface area contributed by atoms with E-state index in [1.54, 1.807) is 0 Å². The van der Waals surface area contributed by atoms with Gasteiger partial charge >= 0.3 is 0 Å². The fourth-order valence-electron chi connectivity index (χ4n) is 1.24. The molecule has 0 aromatic heterocycles. The van der Waals surface area contributed by atoms with Crippen LogP contribution in [0, 0.1) is 11.3 Å². The number of nitrogens with zero attached hydrogens (tertiary/aromatic N) is 1. The molecule has 0 unspecified atom stereocenters. The summed E-state index contributed by atoms with van der Waals surface area (Å²) in [6, 6.07) is 0. The minimum absolute atomic E-state index is 0.0995. The average Bonchev–Trinajstić information content (AvgIpc) is 1.81. The SMILES string of the molecule is CC(C)CN(C)C(=O)CC(C)(C)C. The van der Waals surface area contributed by atoms with Gasteiger partial charge in [0.05, 0.1) is 0 Å². The van der Waals surface area contributed by atoms with Gasteiger partial charge in [-0.3, -0.25) is 4.79 Å². The van der Waals surface area contributed by atoms with Gasteiger partial charge in [0, 0.05) is 20.0 Å². The largest absolute Gasteiger partial charge is 0.345 e. The van der Waals surface area contributed by atoms with Crippen molar-refractivity contribution in [2.45, 2.75) is 41.0 Å². The highest BCUT2D eigenvalue weighted by molar-refractivity contribution is 5.76. The molecule has 1 amide bonds. The van der Waals surface area contributed by atoms with Gasteiger partial charge in [-0.05, 0) is 11.3 Å². The Morgan fingerprint density at radius 2 is 1.77 bits per heavy atom. The van der Waals surface area contributed by atoms with Crippen molar-refractivity contribution in [2.24, 2.45) is 11.3 Å². The molecule has 0 heterocycles. The lowest BCUT2D eigenvalue weighted by atomic mass is 9.91. The van der Waals surface area contributed by atoms with Crippen LogP contribution in [0.4, 0.5) is 0 Å². The molecule has 0 bridgehead atoms. The Morgan fingerprint density at radius 1 is 1.31 bits per heavy atom. The average molecular weight is 185 g/mol. The Kier molecular flexibility index (Phi) is 4.45. The molecule has 0 aliphatic carbocycles. The standard InChI is InChI=1S/C11H23NO/c1-9(2)8-12(6)10(13)7-11(3,4)5/h9H,7-8H2,1-6H3. The first kappa shape index (κ1) is 12.5. The summed E-state index contributed by atoms with van der Waals surface area (Å²) in [5, 5.41) is 0. The number of hydrogen-bond donors (Lipinski definition) is 0. The Bertz CT molecular complexity index is 167. The Hall–Kier alpha value is -0.530. The normalized spacial score (nSPS) is 11.9. The maximum Gasteiger partial charge on any atom is 0.222 e. The zero-order chi connectivity index (χ0) is 10.6. The number of amides is 1. The number of carbonyl (C=O) groups is 1. The first-order valence-corrected chi connectivity index (χ1v) is 4.96. The van der Waals surface area contributed by atoms with Gasteiger partial charge in [0.2, 0.25) is 5.91 Å². The van der Waals surface area contributed by atoms with E-state index in [1.807, 2.05) is 11.9 Å². The lowest BCUT2D eigenvalue weighted by Gasteiger charge is -2.24. The third-order valence-corrected chi connectivity index (χ3v) is 1.75. The van der Waals surface area contributed by atoms with Crippen molar-refractivity contribution in [3.8, 4) is 0 Å². The maximum atomic E-state index is 11.6. The molecule has 0 fully saturated rings. The van der Waals surface area contributed by atoms with Gasteiger partial charge in [0.15, 0.2) is 0 Å². The van der Waals surface area contributed by atoms with Gasteiger partial charge < -0.3 is 4.90 Å². The molecule has 0 saturated heterocycles. The molecule has 2 nitrogen and oxygen atoms in total. The number of hydrogen-bond acceptors (Lipinski definition) is 1. The van der Waals surface area contributed by atoms with E-state index in [2.05, 4.69) is 34.6 Å². The summed E-state index contributed by atoms with van der Waals surface area (Å²) < 4.78 is 0. The second-order valence-corrected chi connectivity index (χ2v) is 5.41. The van der Waals surface area contributed by atoms with Crippen molar-refractivity contribution in [3.63, 3.8) is 0 Å². The van der Waals surface area contributed by atoms with Crippen LogP contribution in [0.15, 0.2) is 0 Å². The van der Waals surface area contributed by atoms with Crippen molar-refractivity contribution in [1.82, 2.24) is 4.90 Å². The van der Waals surface area contributed by atoms with Crippen molar-refractivity contribution in [2.75, 3.05) is 13.6 Å². The van der Waals surface area contributed by atoms with E-state index in [9.17, 15) is 4.79 Å². The van der Waals surface area contributed by atoms with E-state index in [0.717, 1.165) is 6.54 Å². The summed E-state index contributed by atoms with van der Waals surface area (Å²) in [5.41, 5.74) is 0.0995. The maximum absolute atomic E-state index is 11.6. The van der Waals surface area contributed by atoms with Gasteiger partial charge in [-0.1, -0.05) is 34.6 Å². The fraction of sp³-hybridized carbons (Fsp3) is 0.909. The van der Waals surface area contributed by atoms with Crippen LogP contribution in [-0.4, -0.2) is 24.4 Å². The van der Waals surface area contributed by atoms with E-state index in [-0.39, 0.29) is 11.3 Å². The van der Waals surface area contributed by atoms with Crippen LogP contribution >= 0.6 is 0 Å². The molecule has 0 aromatic carbocycles. The van der Waals surface area contributed by atoms with Crippen LogP contribution in [0.1, 0.15) is 41.0 Å². The fourth-order valence-corrected chi connectivity index (χ4v) is 1.24. The molecule has 2 heteroatoms. The van der Waals surface area contributed by atoms with Gasteiger partial charge in [-0.2, -0.15) is 0 Å². The molecular weight excluding hydrogens is 162 g/mol. The minimum Gasteiger partial charge on any atom is -0.345 e. The third-order valence-electron chi connectivity index (χ3n) is 1.75. The lowest BCUT2D eigenvalue weighted by Crippen LogP contribution is -2.32. The van der Waals surface area contributed by atoms with Gasteiger partial charge in [-0.15, -0.1) is 0 Å². The highest BCUT2D eigenvalue weighted by atomic mass is 16.2. The zero-order valence-corrected chi connectivity index (χ0v) is 9.85. The van der Waals surface area contributed by atoms with Crippen LogP contribution in [-0.2, 0) is 4.79 Å². The molecule has 0 spiro atoms. The van der Waals surface area contributed by atoms with Crippen LogP contribution in [0.5, 0.6) is 0 Å². The zero-order valence-electron chi connectivity index (χ0n) is 9.85. The lowest BCUT2D eigenvalue weighted by molar-refractivity contribution is -0.132. The molecular formula is C11H23NO. The predicted octanol–water partition coefficient (Wildman–Crippen LogP) is 2.54. The predicted molar refractivity (Wildman–Crippen MR) is 56.5 cm³/mol. The summed E-state index contributed by atoms with van der Waals surface area (Å²) in [6.07, 6.45) is 0.635. The third kappa shape index (κ3) is 6.62. The highest BCUT2D eigenvalue weighted by Gasteiger charge is 2.18. The molecule has 0 aliphatic rings. The van der Waals surface area contributed by atoms with E-state index < -0.39 is 0 Å². The van der Waals surface area contributed by atoms with Crippen molar-refractivity contribution >= 4 is 5.91 Å². The van der Waals surface area contributed by atoms with E-state index in [1.165, 1.54) is 0 Å². The number of carbonyl (C=O) groups excluding carboxylic acids is 1. The first-order valence-electron chi connectivity index (χ1n) is 4.96. The molecule has 78 valence electrons. The Morgan fingerprint density at radius 3 is 2.08 bits per heavy atom. The van der Waals surface area contributed by atoms with Crippen molar-refractivity contribution in [3.05, 3.63) is 0 Å². The number of rotatable bonds is 3. The van der Waals surface area contributed by atoms with Gasteiger partial charge in [-0.25, -0.2) is 0 Å². The molecule has 0 N–H and O–H groups in total. The summed E-state index contributed by atoms with van der Waals surface area (Å²) in [5.74, 6) is 0.801. The summed E-state index contributed by atoms with van der Waals surface area (Å²) in [6.45, 7) is 11.4. The minimum atomic E-state index is 0.0995. The quantitative estimate of drug-likeness (QED) is 0.661. The molecule has 0 aliphatic heterocycles. The molecule has 0 aromatic rings. The van der Waals surface area contributed by atoms with Gasteiger partial charge in [0.1, 0.15) is 0 Å². The van der Waals surface area contributed by atoms with E-state index >= 15 is 0 Å². The summed E-state index contributed by atoms with van der Waals surface area (Å²) >= 11 is 0. The van der Waals surface area contributed by atoms with Crippen LogP contribution in [0.25, 0.3) is 0 Å². The van der Waals surface area contributed by atoms with E-state index in [0.29, 0.717) is 12.3 Å². The molecule has 13 heavy (non-hydrogen) atoms. The first-order chi connectivity index (χ1) is 5.72. The Labute approximate surface area is 82.3 Å². The van der Waals surface area contributed by atoms with Crippen LogP contribution < -0.4 is 0 Å². The van der Waals surface area contributed by atoms with E-state index in [4.69, 9.17) is 0 Å². The van der Waals surface area contributed by atoms with Crippen LogP contribution in [0.3, 0.4) is 0 Å². The summed E-state index contributed by atoms with van der Waals surface area (Å²) in [4.78, 5) is 13.4. The Balaban J connectivity index is 3.97. The summed E-state index contributed by atoms with van der Waals surface area (Å²) in [7, 11) is 1.88. The van der Waals surface area contributed by atoms with Crippen molar-refractivity contribution in [1.29, 1.82) is 0 Å². The second kappa shape index (κ2) is 4.64. The van der Waals surface area contributed by atoms with Crippen LogP contribution in [0.2, 0.25) is 0 Å². The monoisotopic (exact) mass is 185 g/mol.